The Morgan fingerprint density at radius 2 is 1.83 bits per heavy atom. The van der Waals surface area contributed by atoms with E-state index in [4.69, 9.17) is 0 Å². The molecule has 0 aliphatic carbocycles. The normalized spacial score (nSPS) is 22.9. The van der Waals surface area contributed by atoms with Crippen LogP contribution < -0.4 is 0 Å². The largest absolute Gasteiger partial charge is 0.342 e. The molecule has 1 unspecified atom stereocenters. The molecule has 1 aromatic heterocycles. The number of rotatable bonds is 1. The Kier molecular flexibility index (Phi) is 2.40. The zero-order chi connectivity index (χ0) is 12.8. The van der Waals surface area contributed by atoms with Crippen molar-refractivity contribution in [3.63, 3.8) is 0 Å². The molecular weight excluding hydrogens is 222 g/mol. The number of carbonyl (C=O) groups is 1. The number of fused-ring (bicyclic) bond motifs is 1. The van der Waals surface area contributed by atoms with Gasteiger partial charge in [0, 0.05) is 12.2 Å². The van der Waals surface area contributed by atoms with Crippen LogP contribution in [-0.2, 0) is 12.0 Å². The molecule has 0 fully saturated rings. The Labute approximate surface area is 107 Å². The predicted octanol–water partition coefficient (Wildman–Crippen LogP) is 3.34. The van der Waals surface area contributed by atoms with Gasteiger partial charge >= 0.3 is 0 Å². The lowest BCUT2D eigenvalue weighted by Crippen LogP contribution is -2.39. The van der Waals surface area contributed by atoms with Gasteiger partial charge in [-0.05, 0) is 38.0 Å². The minimum atomic E-state index is -0.373. The number of ketones is 1. The van der Waals surface area contributed by atoms with Crippen LogP contribution in [0.3, 0.4) is 0 Å². The molecule has 2 heterocycles. The van der Waals surface area contributed by atoms with Gasteiger partial charge in [0.25, 0.3) is 0 Å². The van der Waals surface area contributed by atoms with E-state index in [1.807, 2.05) is 30.3 Å². The minimum Gasteiger partial charge on any atom is -0.342 e. The van der Waals surface area contributed by atoms with E-state index in [0.717, 1.165) is 24.2 Å². The zero-order valence-corrected chi connectivity index (χ0v) is 10.8. The molecule has 0 bridgehead atoms. The molecule has 2 nitrogen and oxygen atoms in total. The molecule has 0 saturated carbocycles. The van der Waals surface area contributed by atoms with Gasteiger partial charge in [0.2, 0.25) is 0 Å². The third-order valence-corrected chi connectivity index (χ3v) is 4.18. The van der Waals surface area contributed by atoms with Crippen LogP contribution in [-0.4, -0.2) is 10.4 Å². The fourth-order valence-electron chi connectivity index (χ4n) is 2.88. The number of hydrogen-bond acceptors (Lipinski definition) is 1. The Morgan fingerprint density at radius 1 is 1.11 bits per heavy atom. The van der Waals surface area contributed by atoms with E-state index in [9.17, 15) is 4.79 Å². The van der Waals surface area contributed by atoms with Crippen molar-refractivity contribution in [1.29, 1.82) is 0 Å². The highest BCUT2D eigenvalue weighted by atomic mass is 16.1. The first-order chi connectivity index (χ1) is 8.63. The molecule has 2 heteroatoms. The van der Waals surface area contributed by atoms with Crippen LogP contribution >= 0.6 is 0 Å². The van der Waals surface area contributed by atoms with Crippen LogP contribution in [0.4, 0.5) is 0 Å². The molecular formula is C16H17NO. The molecule has 0 N–H and O–H groups in total. The van der Waals surface area contributed by atoms with Gasteiger partial charge in [-0.15, -0.1) is 0 Å². The highest BCUT2D eigenvalue weighted by Gasteiger charge is 2.40. The Hall–Kier alpha value is -1.83. The molecule has 3 rings (SSSR count). The van der Waals surface area contributed by atoms with Crippen molar-refractivity contribution < 1.29 is 4.79 Å². The molecule has 18 heavy (non-hydrogen) atoms. The van der Waals surface area contributed by atoms with E-state index in [0.29, 0.717) is 0 Å². The van der Waals surface area contributed by atoms with Crippen molar-refractivity contribution >= 4 is 5.78 Å². The van der Waals surface area contributed by atoms with Crippen molar-refractivity contribution in [2.75, 3.05) is 0 Å². The van der Waals surface area contributed by atoms with Gasteiger partial charge in [0.05, 0.1) is 11.1 Å². The fourth-order valence-corrected chi connectivity index (χ4v) is 2.88. The Morgan fingerprint density at radius 3 is 2.56 bits per heavy atom. The van der Waals surface area contributed by atoms with Gasteiger partial charge in [-0.1, -0.05) is 30.3 Å². The van der Waals surface area contributed by atoms with Crippen LogP contribution in [0.1, 0.15) is 35.1 Å². The minimum absolute atomic E-state index is 0.244. The van der Waals surface area contributed by atoms with E-state index in [1.165, 1.54) is 5.69 Å². The molecule has 1 aromatic carbocycles. The summed E-state index contributed by atoms with van der Waals surface area (Å²) in [6.07, 6.45) is 0.873. The van der Waals surface area contributed by atoms with Crippen LogP contribution in [0, 0.1) is 6.92 Å². The number of hydrogen-bond donors (Lipinski definition) is 0. The summed E-state index contributed by atoms with van der Waals surface area (Å²) in [6, 6.07) is 14.1. The summed E-state index contributed by atoms with van der Waals surface area (Å²) in [7, 11) is 0. The predicted molar refractivity (Wildman–Crippen MR) is 71.9 cm³/mol. The summed E-state index contributed by atoms with van der Waals surface area (Å²) in [6.45, 7) is 5.05. The molecule has 2 aromatic rings. The number of benzene rings is 1. The molecule has 1 aliphatic rings. The summed E-state index contributed by atoms with van der Waals surface area (Å²) in [5, 5.41) is 0. The molecule has 0 radical (unpaired) electrons. The summed E-state index contributed by atoms with van der Waals surface area (Å²) in [5.41, 5.74) is 2.78. The molecule has 1 aliphatic heterocycles. The summed E-state index contributed by atoms with van der Waals surface area (Å²) in [4.78, 5) is 12.7. The average molecular weight is 239 g/mol. The summed E-state index contributed by atoms with van der Waals surface area (Å²) < 4.78 is 2.13. The number of nitrogens with zero attached hydrogens (tertiary/aromatic N) is 1. The Balaban J connectivity index is 2.10. The SMILES string of the molecule is Cc1ccc2n1CCC(C)(c1ccccc1)C2=O. The van der Waals surface area contributed by atoms with Gasteiger partial charge < -0.3 is 4.57 Å². The topological polar surface area (TPSA) is 22.0 Å². The van der Waals surface area contributed by atoms with Crippen molar-refractivity contribution in [3.8, 4) is 0 Å². The molecule has 0 amide bonds. The highest BCUT2D eigenvalue weighted by molar-refractivity contribution is 6.03. The van der Waals surface area contributed by atoms with E-state index in [2.05, 4.69) is 30.5 Å². The standard InChI is InChI=1S/C16H17NO/c1-12-8-9-14-15(18)16(2,10-11-17(12)14)13-6-4-3-5-7-13/h3-9H,10-11H2,1-2H3. The van der Waals surface area contributed by atoms with Crippen molar-refractivity contribution in [1.82, 2.24) is 4.57 Å². The van der Waals surface area contributed by atoms with Gasteiger partial charge in [-0.3, -0.25) is 4.79 Å². The summed E-state index contributed by atoms with van der Waals surface area (Å²) in [5.74, 6) is 0.244. The lowest BCUT2D eigenvalue weighted by atomic mass is 9.73. The van der Waals surface area contributed by atoms with E-state index in [1.54, 1.807) is 0 Å². The number of Topliss-reactive ketones (excluding diaryl/α,β-unsaturated/α-hetero) is 1. The van der Waals surface area contributed by atoms with Gasteiger partial charge in [0.15, 0.2) is 5.78 Å². The first kappa shape index (κ1) is 11.3. The lowest BCUT2D eigenvalue weighted by molar-refractivity contribution is 0.0848. The van der Waals surface area contributed by atoms with E-state index >= 15 is 0 Å². The quantitative estimate of drug-likeness (QED) is 0.748. The van der Waals surface area contributed by atoms with E-state index < -0.39 is 0 Å². The lowest BCUT2D eigenvalue weighted by Gasteiger charge is -2.34. The molecule has 0 saturated heterocycles. The van der Waals surface area contributed by atoms with Crippen molar-refractivity contribution in [2.45, 2.75) is 32.2 Å². The number of carbonyl (C=O) groups excluding carboxylic acids is 1. The molecule has 0 spiro atoms. The zero-order valence-electron chi connectivity index (χ0n) is 10.8. The first-order valence-electron chi connectivity index (χ1n) is 6.39. The summed E-state index contributed by atoms with van der Waals surface area (Å²) >= 11 is 0. The van der Waals surface area contributed by atoms with Gasteiger partial charge in [-0.25, -0.2) is 0 Å². The second-order valence-electron chi connectivity index (χ2n) is 5.29. The maximum Gasteiger partial charge on any atom is 0.189 e. The van der Waals surface area contributed by atoms with Gasteiger partial charge in [-0.2, -0.15) is 0 Å². The smallest absolute Gasteiger partial charge is 0.189 e. The molecule has 92 valence electrons. The van der Waals surface area contributed by atoms with Crippen LogP contribution in [0.15, 0.2) is 42.5 Å². The van der Waals surface area contributed by atoms with Crippen LogP contribution in [0.2, 0.25) is 0 Å². The third-order valence-electron chi connectivity index (χ3n) is 4.18. The maximum atomic E-state index is 12.7. The molecule has 1 atom stereocenters. The second-order valence-corrected chi connectivity index (χ2v) is 5.29. The number of aromatic nitrogens is 1. The maximum absolute atomic E-state index is 12.7. The number of aryl methyl sites for hydroxylation is 1. The monoisotopic (exact) mass is 239 g/mol. The fraction of sp³-hybridized carbons (Fsp3) is 0.312. The third kappa shape index (κ3) is 1.45. The Bertz CT molecular complexity index is 597. The average Bonchev–Trinajstić information content (AvgIpc) is 2.77. The van der Waals surface area contributed by atoms with Crippen molar-refractivity contribution in [3.05, 3.63) is 59.4 Å². The first-order valence-corrected chi connectivity index (χ1v) is 6.39. The van der Waals surface area contributed by atoms with E-state index in [-0.39, 0.29) is 11.2 Å². The second kappa shape index (κ2) is 3.84. The highest BCUT2D eigenvalue weighted by Crippen LogP contribution is 2.36. The van der Waals surface area contributed by atoms with Crippen LogP contribution in [0.5, 0.6) is 0 Å². The van der Waals surface area contributed by atoms with Gasteiger partial charge in [0.1, 0.15) is 0 Å². The van der Waals surface area contributed by atoms with Crippen molar-refractivity contribution in [2.24, 2.45) is 0 Å². The van der Waals surface area contributed by atoms with Crippen LogP contribution in [0.25, 0.3) is 0 Å².